The smallest absolute Gasteiger partial charge is 0.314 e. The third-order valence-corrected chi connectivity index (χ3v) is 3.40. The Kier molecular flexibility index (Phi) is 11.7. The Hall–Kier alpha value is -1.26. The Balaban J connectivity index is 3.42. The van der Waals surface area contributed by atoms with Crippen LogP contribution in [0.3, 0.4) is 0 Å². The first-order valence-corrected chi connectivity index (χ1v) is 8.18. The van der Waals surface area contributed by atoms with Crippen LogP contribution in [0.15, 0.2) is 0 Å². The molecular weight excluding hydrogens is 268 g/mol. The van der Waals surface area contributed by atoms with Gasteiger partial charge >= 0.3 is 12.0 Å². The molecule has 0 heterocycles. The van der Waals surface area contributed by atoms with Crippen LogP contribution in [0.5, 0.6) is 0 Å². The highest BCUT2D eigenvalue weighted by atomic mass is 16.4. The monoisotopic (exact) mass is 300 g/mol. The minimum absolute atomic E-state index is 0.00962. The normalized spacial score (nSPS) is 12.2. The van der Waals surface area contributed by atoms with Gasteiger partial charge in [-0.15, -0.1) is 0 Å². The van der Waals surface area contributed by atoms with E-state index in [4.69, 9.17) is 5.11 Å². The first-order chi connectivity index (χ1) is 9.91. The van der Waals surface area contributed by atoms with E-state index in [0.29, 0.717) is 19.4 Å². The van der Waals surface area contributed by atoms with E-state index in [1.54, 1.807) is 0 Å². The number of carbonyl (C=O) groups excluding carboxylic acids is 1. The lowest BCUT2D eigenvalue weighted by Crippen LogP contribution is -2.41. The van der Waals surface area contributed by atoms with Crippen molar-refractivity contribution in [1.29, 1.82) is 0 Å². The van der Waals surface area contributed by atoms with Crippen molar-refractivity contribution in [2.45, 2.75) is 78.2 Å². The number of rotatable bonds is 12. The molecule has 5 nitrogen and oxygen atoms in total. The molecule has 0 saturated heterocycles. The summed E-state index contributed by atoms with van der Waals surface area (Å²) >= 11 is 0. The molecule has 0 aromatic rings. The van der Waals surface area contributed by atoms with Gasteiger partial charge in [0.2, 0.25) is 0 Å². The van der Waals surface area contributed by atoms with E-state index in [9.17, 15) is 9.59 Å². The zero-order valence-corrected chi connectivity index (χ0v) is 13.8. The lowest BCUT2D eigenvalue weighted by molar-refractivity contribution is -0.137. The second-order valence-corrected chi connectivity index (χ2v) is 6.18. The Labute approximate surface area is 128 Å². The molecule has 2 amide bonds. The quantitative estimate of drug-likeness (QED) is 0.482. The number of amides is 2. The lowest BCUT2D eigenvalue weighted by atomic mass is 10.0. The average Bonchev–Trinajstić information content (AvgIpc) is 2.36. The van der Waals surface area contributed by atoms with Gasteiger partial charge < -0.3 is 15.7 Å². The molecule has 5 heteroatoms. The van der Waals surface area contributed by atoms with E-state index in [2.05, 4.69) is 24.5 Å². The lowest BCUT2D eigenvalue weighted by Gasteiger charge is -2.14. The minimum atomic E-state index is -0.788. The summed E-state index contributed by atoms with van der Waals surface area (Å²) in [6, 6.07) is -0.143. The fourth-order valence-corrected chi connectivity index (χ4v) is 2.14. The van der Waals surface area contributed by atoms with E-state index in [0.717, 1.165) is 18.8 Å². The molecule has 0 bridgehead atoms. The highest BCUT2D eigenvalue weighted by Crippen LogP contribution is 2.08. The van der Waals surface area contributed by atoms with Crippen LogP contribution in [0, 0.1) is 5.92 Å². The van der Waals surface area contributed by atoms with Gasteiger partial charge in [-0.05, 0) is 32.1 Å². The number of hydrogen-bond acceptors (Lipinski definition) is 2. The maximum Gasteiger partial charge on any atom is 0.314 e. The standard InChI is InChI=1S/C16H32N2O3/c1-13(2)9-6-4-5-7-12-17-16(21)18-14(3)10-8-11-15(19)20/h13-14H,4-12H2,1-3H3,(H,19,20)(H2,17,18,21). The molecule has 124 valence electrons. The summed E-state index contributed by atoms with van der Waals surface area (Å²) in [5.74, 6) is -0.0133. The van der Waals surface area contributed by atoms with Gasteiger partial charge in [0.15, 0.2) is 0 Å². The molecule has 0 fully saturated rings. The topological polar surface area (TPSA) is 78.4 Å². The van der Waals surface area contributed by atoms with Crippen LogP contribution >= 0.6 is 0 Å². The van der Waals surface area contributed by atoms with Gasteiger partial charge in [-0.3, -0.25) is 4.79 Å². The third kappa shape index (κ3) is 15.0. The van der Waals surface area contributed by atoms with E-state index < -0.39 is 5.97 Å². The molecule has 0 rings (SSSR count). The van der Waals surface area contributed by atoms with Crippen LogP contribution in [0.1, 0.15) is 72.1 Å². The Morgan fingerprint density at radius 3 is 2.24 bits per heavy atom. The largest absolute Gasteiger partial charge is 0.481 e. The predicted molar refractivity (Wildman–Crippen MR) is 85.4 cm³/mol. The zero-order valence-electron chi connectivity index (χ0n) is 13.8. The number of carboxylic acids is 1. The first kappa shape index (κ1) is 19.7. The summed E-state index contributed by atoms with van der Waals surface area (Å²) in [6.45, 7) is 7.08. The fourth-order valence-electron chi connectivity index (χ4n) is 2.14. The van der Waals surface area contributed by atoms with Crippen molar-refractivity contribution < 1.29 is 14.7 Å². The molecule has 0 aliphatic rings. The van der Waals surface area contributed by atoms with E-state index in [1.807, 2.05) is 6.92 Å². The highest BCUT2D eigenvalue weighted by molar-refractivity contribution is 5.74. The fraction of sp³-hybridized carbons (Fsp3) is 0.875. The first-order valence-electron chi connectivity index (χ1n) is 8.18. The molecule has 0 aliphatic carbocycles. The Bertz CT molecular complexity index is 293. The van der Waals surface area contributed by atoms with Crippen molar-refractivity contribution in [3.63, 3.8) is 0 Å². The van der Waals surface area contributed by atoms with E-state index >= 15 is 0 Å². The minimum Gasteiger partial charge on any atom is -0.481 e. The van der Waals surface area contributed by atoms with Crippen LogP contribution in [-0.2, 0) is 4.79 Å². The summed E-state index contributed by atoms with van der Waals surface area (Å²) in [5, 5.41) is 14.2. The van der Waals surface area contributed by atoms with Gasteiger partial charge in [0.25, 0.3) is 0 Å². The molecule has 3 N–H and O–H groups in total. The number of carboxylic acid groups (broad SMARTS) is 1. The molecule has 21 heavy (non-hydrogen) atoms. The van der Waals surface area contributed by atoms with Gasteiger partial charge in [0.05, 0.1) is 0 Å². The van der Waals surface area contributed by atoms with Gasteiger partial charge in [0.1, 0.15) is 0 Å². The molecule has 0 aromatic heterocycles. The molecule has 1 atom stereocenters. The molecule has 0 aromatic carbocycles. The Morgan fingerprint density at radius 1 is 0.952 bits per heavy atom. The zero-order chi connectivity index (χ0) is 16.1. The highest BCUT2D eigenvalue weighted by Gasteiger charge is 2.07. The van der Waals surface area contributed by atoms with Crippen molar-refractivity contribution in [2.24, 2.45) is 5.92 Å². The van der Waals surface area contributed by atoms with E-state index in [-0.39, 0.29) is 18.5 Å². The molecule has 0 aliphatic heterocycles. The van der Waals surface area contributed by atoms with Gasteiger partial charge in [-0.2, -0.15) is 0 Å². The number of unbranched alkanes of at least 4 members (excludes halogenated alkanes) is 3. The van der Waals surface area contributed by atoms with Crippen molar-refractivity contribution in [3.8, 4) is 0 Å². The number of carbonyl (C=O) groups is 2. The maximum absolute atomic E-state index is 11.6. The Morgan fingerprint density at radius 2 is 1.62 bits per heavy atom. The average molecular weight is 300 g/mol. The van der Waals surface area contributed by atoms with Crippen LogP contribution < -0.4 is 10.6 Å². The number of hydrogen-bond donors (Lipinski definition) is 3. The maximum atomic E-state index is 11.6. The molecular formula is C16H32N2O3. The summed E-state index contributed by atoms with van der Waals surface area (Å²) < 4.78 is 0. The second-order valence-electron chi connectivity index (χ2n) is 6.18. The van der Waals surface area contributed by atoms with Crippen LogP contribution in [0.4, 0.5) is 4.79 Å². The second kappa shape index (κ2) is 12.5. The van der Waals surface area contributed by atoms with Crippen molar-refractivity contribution in [2.75, 3.05) is 6.54 Å². The summed E-state index contributed by atoms with van der Waals surface area (Å²) in [4.78, 5) is 22.0. The molecule has 0 saturated carbocycles. The number of aliphatic carboxylic acids is 1. The predicted octanol–water partition coefficient (Wildman–Crippen LogP) is 3.54. The molecule has 0 spiro atoms. The number of urea groups is 1. The SMILES string of the molecule is CC(C)CCCCCCNC(=O)NC(C)CCCC(=O)O. The molecule has 0 radical (unpaired) electrons. The van der Waals surface area contributed by atoms with Crippen LogP contribution in [0.25, 0.3) is 0 Å². The number of nitrogens with one attached hydrogen (secondary N) is 2. The van der Waals surface area contributed by atoms with E-state index in [1.165, 1.54) is 19.3 Å². The summed E-state index contributed by atoms with van der Waals surface area (Å²) in [5.41, 5.74) is 0. The van der Waals surface area contributed by atoms with Crippen molar-refractivity contribution >= 4 is 12.0 Å². The molecule has 1 unspecified atom stereocenters. The van der Waals surface area contributed by atoms with Gasteiger partial charge in [-0.1, -0.05) is 39.5 Å². The van der Waals surface area contributed by atoms with Crippen LogP contribution in [0.2, 0.25) is 0 Å². The van der Waals surface area contributed by atoms with Crippen molar-refractivity contribution in [1.82, 2.24) is 10.6 Å². The third-order valence-electron chi connectivity index (χ3n) is 3.40. The summed E-state index contributed by atoms with van der Waals surface area (Å²) in [6.07, 6.45) is 7.38. The van der Waals surface area contributed by atoms with Gasteiger partial charge in [0, 0.05) is 19.0 Å². The van der Waals surface area contributed by atoms with Crippen molar-refractivity contribution in [3.05, 3.63) is 0 Å². The van der Waals surface area contributed by atoms with Crippen LogP contribution in [-0.4, -0.2) is 29.7 Å². The summed E-state index contributed by atoms with van der Waals surface area (Å²) in [7, 11) is 0. The van der Waals surface area contributed by atoms with Gasteiger partial charge in [-0.25, -0.2) is 4.79 Å².